The number of ether oxygens (including phenoxy) is 1. The molecule has 5 nitrogen and oxygen atoms in total. The van der Waals surface area contributed by atoms with Gasteiger partial charge in [-0.2, -0.15) is 5.10 Å². The number of hydrogen-bond donors (Lipinski definition) is 3. The first-order valence-corrected chi connectivity index (χ1v) is 6.85. The molecule has 0 saturated carbocycles. The van der Waals surface area contributed by atoms with Gasteiger partial charge in [0.25, 0.3) is 0 Å². The second kappa shape index (κ2) is 5.54. The molecule has 1 aromatic heterocycles. The molecule has 3 aromatic rings. The molecular weight excluding hydrogens is 288 g/mol. The number of halogens is 1. The first-order chi connectivity index (χ1) is 10.2. The second-order valence-corrected chi connectivity index (χ2v) is 5.10. The van der Waals surface area contributed by atoms with E-state index in [2.05, 4.69) is 15.5 Å². The molecule has 0 aliphatic heterocycles. The molecule has 0 fully saturated rings. The van der Waals surface area contributed by atoms with Crippen molar-refractivity contribution in [3.05, 3.63) is 47.0 Å². The predicted molar refractivity (Wildman–Crippen MR) is 85.8 cm³/mol. The lowest BCUT2D eigenvalue weighted by atomic mass is 10.2. The normalized spacial score (nSPS) is 10.8. The van der Waals surface area contributed by atoms with Crippen LogP contribution < -0.4 is 15.8 Å². The van der Waals surface area contributed by atoms with Gasteiger partial charge >= 0.3 is 0 Å². The van der Waals surface area contributed by atoms with E-state index in [1.165, 1.54) is 0 Å². The van der Waals surface area contributed by atoms with Gasteiger partial charge in [-0.15, -0.1) is 0 Å². The lowest BCUT2D eigenvalue weighted by molar-refractivity contribution is 0.415. The van der Waals surface area contributed by atoms with Gasteiger partial charge in [0.15, 0.2) is 5.82 Å². The summed E-state index contributed by atoms with van der Waals surface area (Å²) in [6.07, 6.45) is 0. The Kier molecular flexibility index (Phi) is 3.58. The Bertz CT molecular complexity index is 784. The first kappa shape index (κ1) is 13.6. The fraction of sp³-hybridized carbons (Fsp3) is 0.133. The van der Waals surface area contributed by atoms with Crippen molar-refractivity contribution in [3.63, 3.8) is 0 Å². The smallest absolute Gasteiger partial charge is 0.153 e. The first-order valence-electron chi connectivity index (χ1n) is 6.47. The van der Waals surface area contributed by atoms with E-state index in [4.69, 9.17) is 22.1 Å². The van der Waals surface area contributed by atoms with Crippen LogP contribution in [0.4, 0.5) is 11.5 Å². The molecule has 3 rings (SSSR count). The summed E-state index contributed by atoms with van der Waals surface area (Å²) in [5, 5.41) is 11.7. The third-order valence-corrected chi connectivity index (χ3v) is 3.60. The number of aromatic amines is 1. The minimum absolute atomic E-state index is 0.501. The van der Waals surface area contributed by atoms with E-state index in [-0.39, 0.29) is 0 Å². The number of fused-ring (bicyclic) bond motifs is 1. The van der Waals surface area contributed by atoms with Crippen LogP contribution in [0.5, 0.6) is 5.75 Å². The molecule has 0 bridgehead atoms. The highest BCUT2D eigenvalue weighted by Gasteiger charge is 2.04. The number of methoxy groups -OCH3 is 1. The van der Waals surface area contributed by atoms with E-state index in [1.807, 2.05) is 36.4 Å². The lowest BCUT2D eigenvalue weighted by Crippen LogP contribution is -1.99. The average Bonchev–Trinajstić information content (AvgIpc) is 2.86. The summed E-state index contributed by atoms with van der Waals surface area (Å²) >= 11 is 6.11. The van der Waals surface area contributed by atoms with Crippen LogP contribution in [-0.4, -0.2) is 17.3 Å². The van der Waals surface area contributed by atoms with E-state index in [1.54, 1.807) is 7.11 Å². The molecule has 2 aromatic carbocycles. The quantitative estimate of drug-likeness (QED) is 0.690. The van der Waals surface area contributed by atoms with Crippen LogP contribution in [0.1, 0.15) is 5.56 Å². The van der Waals surface area contributed by atoms with Gasteiger partial charge in [0.05, 0.1) is 17.6 Å². The third kappa shape index (κ3) is 2.73. The highest BCUT2D eigenvalue weighted by Crippen LogP contribution is 2.26. The summed E-state index contributed by atoms with van der Waals surface area (Å²) in [5.74, 6) is 1.18. The van der Waals surface area contributed by atoms with Gasteiger partial charge in [-0.05, 0) is 35.9 Å². The fourth-order valence-electron chi connectivity index (χ4n) is 2.17. The van der Waals surface area contributed by atoms with Crippen LogP contribution in [0.15, 0.2) is 36.4 Å². The van der Waals surface area contributed by atoms with Gasteiger partial charge < -0.3 is 15.8 Å². The number of hydrogen-bond acceptors (Lipinski definition) is 4. The Hall–Kier alpha value is -2.40. The Morgan fingerprint density at radius 1 is 1.29 bits per heavy atom. The number of nitrogens with zero attached hydrogens (tertiary/aromatic N) is 1. The van der Waals surface area contributed by atoms with Crippen molar-refractivity contribution < 1.29 is 4.74 Å². The monoisotopic (exact) mass is 302 g/mol. The van der Waals surface area contributed by atoms with Crippen molar-refractivity contribution in [2.75, 3.05) is 18.2 Å². The van der Waals surface area contributed by atoms with Crippen LogP contribution in [0.2, 0.25) is 5.02 Å². The summed E-state index contributed by atoms with van der Waals surface area (Å²) in [4.78, 5) is 0. The predicted octanol–water partition coefficient (Wildman–Crippen LogP) is 3.42. The molecule has 0 saturated heterocycles. The molecule has 0 atom stereocenters. The topological polar surface area (TPSA) is 76.0 Å². The number of benzene rings is 2. The molecular formula is C15H15ClN4O. The molecule has 21 heavy (non-hydrogen) atoms. The van der Waals surface area contributed by atoms with Crippen molar-refractivity contribution in [3.8, 4) is 5.75 Å². The highest BCUT2D eigenvalue weighted by molar-refractivity contribution is 6.32. The Morgan fingerprint density at radius 2 is 2.14 bits per heavy atom. The van der Waals surface area contributed by atoms with Gasteiger partial charge in [-0.3, -0.25) is 5.10 Å². The maximum absolute atomic E-state index is 6.11. The van der Waals surface area contributed by atoms with Gasteiger partial charge in [-0.1, -0.05) is 17.7 Å². The van der Waals surface area contributed by atoms with E-state index >= 15 is 0 Å². The number of nitrogen functional groups attached to an aromatic ring is 1. The zero-order valence-corrected chi connectivity index (χ0v) is 12.2. The SMILES string of the molecule is COc1ccc(CNc2ccc3[nH]nc(N)c3c2)cc1Cl. The number of nitrogens with one attached hydrogen (secondary N) is 2. The third-order valence-electron chi connectivity index (χ3n) is 3.31. The van der Waals surface area contributed by atoms with Crippen LogP contribution in [0.25, 0.3) is 10.9 Å². The van der Waals surface area contributed by atoms with E-state index in [0.29, 0.717) is 23.1 Å². The zero-order valence-electron chi connectivity index (χ0n) is 11.5. The molecule has 1 heterocycles. The Balaban J connectivity index is 1.76. The maximum Gasteiger partial charge on any atom is 0.153 e. The minimum Gasteiger partial charge on any atom is -0.495 e. The van der Waals surface area contributed by atoms with Crippen LogP contribution >= 0.6 is 11.6 Å². The van der Waals surface area contributed by atoms with Crippen molar-refractivity contribution in [1.82, 2.24) is 10.2 Å². The van der Waals surface area contributed by atoms with E-state index < -0.39 is 0 Å². The summed E-state index contributed by atoms with van der Waals surface area (Å²) in [5.41, 5.74) is 8.77. The van der Waals surface area contributed by atoms with Crippen molar-refractivity contribution in [2.24, 2.45) is 0 Å². The van der Waals surface area contributed by atoms with Crippen molar-refractivity contribution in [2.45, 2.75) is 6.54 Å². The van der Waals surface area contributed by atoms with E-state index in [0.717, 1.165) is 22.2 Å². The molecule has 0 aliphatic rings. The van der Waals surface area contributed by atoms with Gasteiger partial charge in [0.2, 0.25) is 0 Å². The maximum atomic E-state index is 6.11. The molecule has 0 unspecified atom stereocenters. The standard InChI is InChI=1S/C15H15ClN4O/c1-21-14-5-2-9(6-12(14)16)8-18-10-3-4-13-11(7-10)15(17)20-19-13/h2-7,18H,8H2,1H3,(H3,17,19,20). The molecule has 0 amide bonds. The Labute approximate surface area is 127 Å². The van der Waals surface area contributed by atoms with Crippen LogP contribution in [0, 0.1) is 0 Å². The van der Waals surface area contributed by atoms with Gasteiger partial charge in [-0.25, -0.2) is 0 Å². The molecule has 0 aliphatic carbocycles. The fourth-order valence-corrected chi connectivity index (χ4v) is 2.45. The summed E-state index contributed by atoms with van der Waals surface area (Å²) < 4.78 is 5.14. The summed E-state index contributed by atoms with van der Waals surface area (Å²) in [7, 11) is 1.60. The Morgan fingerprint density at radius 3 is 2.90 bits per heavy atom. The minimum atomic E-state index is 0.501. The van der Waals surface area contributed by atoms with Crippen LogP contribution in [0.3, 0.4) is 0 Å². The average molecular weight is 303 g/mol. The molecule has 0 spiro atoms. The molecule has 6 heteroatoms. The lowest BCUT2D eigenvalue weighted by Gasteiger charge is -2.09. The van der Waals surface area contributed by atoms with Crippen molar-refractivity contribution >= 4 is 34.0 Å². The molecule has 0 radical (unpaired) electrons. The number of rotatable bonds is 4. The second-order valence-electron chi connectivity index (χ2n) is 4.69. The summed E-state index contributed by atoms with van der Waals surface area (Å²) in [6, 6.07) is 11.6. The molecule has 4 N–H and O–H groups in total. The van der Waals surface area contributed by atoms with Gasteiger partial charge in [0, 0.05) is 17.6 Å². The van der Waals surface area contributed by atoms with E-state index in [9.17, 15) is 0 Å². The number of nitrogens with two attached hydrogens (primary N) is 1. The summed E-state index contributed by atoms with van der Waals surface area (Å²) in [6.45, 7) is 0.660. The zero-order chi connectivity index (χ0) is 14.8. The number of aromatic nitrogens is 2. The number of anilines is 2. The van der Waals surface area contributed by atoms with Gasteiger partial charge in [0.1, 0.15) is 5.75 Å². The molecule has 108 valence electrons. The largest absolute Gasteiger partial charge is 0.495 e. The number of H-pyrrole nitrogens is 1. The van der Waals surface area contributed by atoms with Crippen molar-refractivity contribution in [1.29, 1.82) is 0 Å². The van der Waals surface area contributed by atoms with Crippen LogP contribution in [-0.2, 0) is 6.54 Å². The highest BCUT2D eigenvalue weighted by atomic mass is 35.5.